The second kappa shape index (κ2) is 13.2. The van der Waals surface area contributed by atoms with Gasteiger partial charge < -0.3 is 5.32 Å². The summed E-state index contributed by atoms with van der Waals surface area (Å²) in [6, 6.07) is 14.9. The molecule has 0 amide bonds. The Kier molecular flexibility index (Phi) is 9.44. The molecular formula is C30H27F3N6O4S3. The van der Waals surface area contributed by atoms with Gasteiger partial charge in [-0.3, -0.25) is 4.72 Å². The van der Waals surface area contributed by atoms with Crippen molar-refractivity contribution < 1.29 is 30.0 Å². The summed E-state index contributed by atoms with van der Waals surface area (Å²) in [7, 11) is -8.47. The van der Waals surface area contributed by atoms with Crippen LogP contribution in [0.4, 0.5) is 30.5 Å². The third-order valence-electron chi connectivity index (χ3n) is 6.56. The molecule has 2 aromatic heterocycles. The van der Waals surface area contributed by atoms with E-state index in [0.717, 1.165) is 34.8 Å². The molecule has 0 saturated carbocycles. The van der Waals surface area contributed by atoms with Crippen molar-refractivity contribution >= 4 is 48.7 Å². The summed E-state index contributed by atoms with van der Waals surface area (Å²) in [5.74, 6) is -3.59. The van der Waals surface area contributed by atoms with Crippen LogP contribution < -0.4 is 15.2 Å². The molecule has 4 N–H and O–H groups in total. The number of anilines is 3. The molecule has 0 spiro atoms. The summed E-state index contributed by atoms with van der Waals surface area (Å²) in [6.45, 7) is 3.88. The molecule has 0 fully saturated rings. The van der Waals surface area contributed by atoms with Crippen LogP contribution in [-0.2, 0) is 26.5 Å². The van der Waals surface area contributed by atoms with E-state index in [0.29, 0.717) is 27.5 Å². The van der Waals surface area contributed by atoms with Crippen molar-refractivity contribution in [3.8, 4) is 21.8 Å². The van der Waals surface area contributed by atoms with Crippen LogP contribution in [0.5, 0.6) is 0 Å². The van der Waals surface area contributed by atoms with Crippen LogP contribution in [0, 0.1) is 17.5 Å². The van der Waals surface area contributed by atoms with Crippen LogP contribution in [0.2, 0.25) is 0 Å². The molecule has 0 aliphatic heterocycles. The highest BCUT2D eigenvalue weighted by molar-refractivity contribution is 7.92. The Bertz CT molecular complexity index is 2120. The van der Waals surface area contributed by atoms with Gasteiger partial charge in [0.2, 0.25) is 16.0 Å². The molecule has 0 atom stereocenters. The van der Waals surface area contributed by atoms with E-state index in [1.807, 2.05) is 18.6 Å². The summed E-state index contributed by atoms with van der Waals surface area (Å²) >= 11 is 1.34. The Morgan fingerprint density at radius 2 is 1.61 bits per heavy atom. The topological polar surface area (TPSA) is 157 Å². The number of nitrogens with one attached hydrogen (secondary N) is 2. The smallest absolute Gasteiger partial charge is 0.267 e. The van der Waals surface area contributed by atoms with Crippen molar-refractivity contribution in [2.45, 2.75) is 31.1 Å². The van der Waals surface area contributed by atoms with Gasteiger partial charge in [-0.05, 0) is 60.5 Å². The van der Waals surface area contributed by atoms with Crippen LogP contribution in [-0.4, -0.2) is 37.5 Å². The van der Waals surface area contributed by atoms with E-state index in [2.05, 4.69) is 15.3 Å². The molecule has 0 aliphatic rings. The highest BCUT2D eigenvalue weighted by Gasteiger charge is 2.26. The van der Waals surface area contributed by atoms with Gasteiger partial charge in [-0.1, -0.05) is 32.0 Å². The van der Waals surface area contributed by atoms with Crippen LogP contribution in [0.3, 0.4) is 0 Å². The Labute approximate surface area is 267 Å². The van der Waals surface area contributed by atoms with Crippen molar-refractivity contribution in [2.24, 2.45) is 5.14 Å². The maximum atomic E-state index is 14.9. The lowest BCUT2D eigenvalue weighted by Crippen LogP contribution is -2.17. The summed E-state index contributed by atoms with van der Waals surface area (Å²) in [5.41, 5.74) is 1.97. The van der Waals surface area contributed by atoms with E-state index >= 15 is 0 Å². The first-order valence-electron chi connectivity index (χ1n) is 13.7. The SMILES string of the molecule is CC(C)c1nc(-c2ccc(F)c(NS(=O)(=O)c3c(F)cccc3F)c2)c(-c2ccnc(Nc3cccc(CCS(N)(=O)=O)c3)n2)s1. The van der Waals surface area contributed by atoms with Crippen LogP contribution in [0.15, 0.2) is 77.8 Å². The predicted octanol–water partition coefficient (Wildman–Crippen LogP) is 6.18. The number of sulfonamides is 2. The number of thiazole rings is 1. The lowest BCUT2D eigenvalue weighted by atomic mass is 10.1. The van der Waals surface area contributed by atoms with Gasteiger partial charge in [0.15, 0.2) is 4.90 Å². The first-order valence-corrected chi connectivity index (χ1v) is 17.7. The fourth-order valence-corrected chi connectivity index (χ4v) is 7.16. The van der Waals surface area contributed by atoms with Crippen molar-refractivity contribution in [3.05, 3.63) is 101 Å². The van der Waals surface area contributed by atoms with E-state index in [-0.39, 0.29) is 24.0 Å². The van der Waals surface area contributed by atoms with E-state index < -0.39 is 48.1 Å². The molecule has 10 nitrogen and oxygen atoms in total. The Morgan fingerprint density at radius 3 is 2.30 bits per heavy atom. The molecule has 0 aliphatic carbocycles. The van der Waals surface area contributed by atoms with Gasteiger partial charge in [0, 0.05) is 23.4 Å². The third kappa shape index (κ3) is 7.70. The quantitative estimate of drug-likeness (QED) is 0.148. The Balaban J connectivity index is 1.49. The minimum atomic E-state index is -4.84. The highest BCUT2D eigenvalue weighted by atomic mass is 32.2. The summed E-state index contributed by atoms with van der Waals surface area (Å²) in [5, 5.41) is 8.95. The first kappa shape index (κ1) is 33.0. The van der Waals surface area contributed by atoms with Crippen LogP contribution in [0.25, 0.3) is 21.8 Å². The van der Waals surface area contributed by atoms with Gasteiger partial charge in [0.25, 0.3) is 10.0 Å². The monoisotopic (exact) mass is 688 g/mol. The average Bonchev–Trinajstić information content (AvgIpc) is 3.43. The van der Waals surface area contributed by atoms with Gasteiger partial charge in [0.1, 0.15) is 17.5 Å². The average molecular weight is 689 g/mol. The normalized spacial score (nSPS) is 12.0. The number of hydrogen-bond donors (Lipinski definition) is 3. The summed E-state index contributed by atoms with van der Waals surface area (Å²) in [4.78, 5) is 13.0. The highest BCUT2D eigenvalue weighted by Crippen LogP contribution is 2.40. The van der Waals surface area contributed by atoms with Gasteiger partial charge >= 0.3 is 0 Å². The zero-order valence-corrected chi connectivity index (χ0v) is 26.8. The first-order chi connectivity index (χ1) is 21.7. The van der Waals surface area contributed by atoms with Crippen molar-refractivity contribution in [1.82, 2.24) is 15.0 Å². The number of hydrogen-bond acceptors (Lipinski definition) is 9. The Morgan fingerprint density at radius 1 is 0.891 bits per heavy atom. The number of primary sulfonamides is 1. The number of rotatable bonds is 11. The molecule has 46 heavy (non-hydrogen) atoms. The number of aryl methyl sites for hydroxylation is 1. The molecule has 0 bridgehead atoms. The number of halogens is 3. The lowest BCUT2D eigenvalue weighted by Gasteiger charge is -2.12. The molecule has 16 heteroatoms. The van der Waals surface area contributed by atoms with Crippen LogP contribution in [0.1, 0.15) is 30.3 Å². The maximum absolute atomic E-state index is 14.9. The lowest BCUT2D eigenvalue weighted by molar-refractivity contribution is 0.521. The minimum absolute atomic E-state index is 0.000500. The maximum Gasteiger partial charge on any atom is 0.267 e. The van der Waals surface area contributed by atoms with Gasteiger partial charge in [0.05, 0.1) is 32.7 Å². The van der Waals surface area contributed by atoms with E-state index in [1.165, 1.54) is 29.7 Å². The fraction of sp³-hybridized carbons (Fsp3) is 0.167. The van der Waals surface area contributed by atoms with E-state index in [1.54, 1.807) is 30.3 Å². The molecule has 0 radical (unpaired) electrons. The largest absolute Gasteiger partial charge is 0.324 e. The second-order valence-electron chi connectivity index (χ2n) is 10.4. The molecule has 0 unspecified atom stereocenters. The molecule has 2 heterocycles. The molecule has 5 aromatic rings. The predicted molar refractivity (Wildman–Crippen MR) is 171 cm³/mol. The van der Waals surface area contributed by atoms with Crippen molar-refractivity contribution in [2.75, 3.05) is 15.8 Å². The second-order valence-corrected chi connectivity index (χ2v) is 14.8. The fourth-order valence-electron chi connectivity index (χ4n) is 4.38. The zero-order chi connectivity index (χ0) is 33.2. The summed E-state index contributed by atoms with van der Waals surface area (Å²) in [6.07, 6.45) is 1.75. The van der Waals surface area contributed by atoms with Crippen molar-refractivity contribution in [1.29, 1.82) is 0 Å². The molecule has 3 aromatic carbocycles. The van der Waals surface area contributed by atoms with Gasteiger partial charge in [-0.2, -0.15) is 0 Å². The molecule has 5 rings (SSSR count). The standard InChI is InChI=1S/C30H27F3N6O4S3/c1-17(2)29-38-26(19-9-10-21(31)25(16-19)39-46(42,43)28-22(32)7-4-8-23(28)33)27(44-29)24-11-13-35-30(37-24)36-20-6-3-5-18(15-20)12-14-45(34,40)41/h3-11,13,15-17,39H,12,14H2,1-2H3,(H2,34,40,41)(H,35,36,37). The third-order valence-corrected chi connectivity index (χ3v) is 10.1. The number of nitrogens with zero attached hydrogens (tertiary/aromatic N) is 3. The van der Waals surface area contributed by atoms with Gasteiger partial charge in [-0.15, -0.1) is 11.3 Å². The van der Waals surface area contributed by atoms with E-state index in [9.17, 15) is 30.0 Å². The van der Waals surface area contributed by atoms with Crippen molar-refractivity contribution in [3.63, 3.8) is 0 Å². The Hall–Kier alpha value is -4.38. The van der Waals surface area contributed by atoms with E-state index in [4.69, 9.17) is 10.1 Å². The number of aromatic nitrogens is 3. The molecular weight excluding hydrogens is 662 g/mol. The number of benzene rings is 3. The minimum Gasteiger partial charge on any atom is -0.324 e. The molecule has 0 saturated heterocycles. The zero-order valence-electron chi connectivity index (χ0n) is 24.3. The summed E-state index contributed by atoms with van der Waals surface area (Å²) < 4.78 is 93.9. The van der Waals surface area contributed by atoms with Gasteiger partial charge in [-0.25, -0.2) is 50.1 Å². The van der Waals surface area contributed by atoms with Crippen LogP contribution >= 0.6 is 11.3 Å². The molecule has 240 valence electrons. The number of nitrogens with two attached hydrogens (primary N) is 1.